The van der Waals surface area contributed by atoms with Gasteiger partial charge in [-0.1, -0.05) is 12.1 Å². The minimum absolute atomic E-state index is 0.0451. The Morgan fingerprint density at radius 2 is 1.83 bits per heavy atom. The number of nitrogens with one attached hydrogen (secondary N) is 1. The van der Waals surface area contributed by atoms with Gasteiger partial charge < -0.3 is 36.2 Å². The SMILES string of the molecule is COc1ccc(CNCC(F)(F)F)cc1-c1ccc(O)c2c1C[C@H]1C[C@H]3CC(=O)C(C(N)=O)=C(O)[C@@]3(O)C(=O)C1=C2O. The van der Waals surface area contributed by atoms with Gasteiger partial charge in [-0.3, -0.25) is 14.4 Å². The van der Waals surface area contributed by atoms with Crippen LogP contribution in [0.3, 0.4) is 0 Å². The fourth-order valence-corrected chi connectivity index (χ4v) is 6.30. The summed E-state index contributed by atoms with van der Waals surface area (Å²) in [6.45, 7) is -1.30. The highest BCUT2D eigenvalue weighted by molar-refractivity contribution is 6.22. The van der Waals surface area contributed by atoms with E-state index < -0.39 is 76.9 Å². The number of ether oxygens (including phenoxy) is 1. The molecular formula is C29H27F3N2O8. The summed E-state index contributed by atoms with van der Waals surface area (Å²) in [5, 5.41) is 46.5. The monoisotopic (exact) mass is 588 g/mol. The number of fused-ring (bicyclic) bond motifs is 3. The van der Waals surface area contributed by atoms with Gasteiger partial charge in [0.1, 0.15) is 28.6 Å². The van der Waals surface area contributed by atoms with Gasteiger partial charge >= 0.3 is 6.18 Å². The Bertz CT molecular complexity index is 1600. The zero-order valence-electron chi connectivity index (χ0n) is 22.2. The summed E-state index contributed by atoms with van der Waals surface area (Å²) in [4.78, 5) is 38.1. The lowest BCUT2D eigenvalue weighted by Crippen LogP contribution is -2.58. The molecule has 7 N–H and O–H groups in total. The number of amides is 1. The molecule has 0 bridgehead atoms. The standard InChI is InChI=1S/C29H27F3N2O8/c1-42-20-5-2-12(10-34-11-28(30,31)32)6-16(20)15-3-4-18(35)22-17(15)8-13-7-14-9-19(36)23(27(33)40)26(39)29(14,41)25(38)21(13)24(22)37/h2-6,13-14,34-35,37,39,41H,7-11H2,1H3,(H2,33,40)/t13-,14+,29+/m1/s1. The summed E-state index contributed by atoms with van der Waals surface area (Å²) < 4.78 is 43.4. The van der Waals surface area contributed by atoms with E-state index in [9.17, 15) is 48.0 Å². The van der Waals surface area contributed by atoms with Crippen molar-refractivity contribution in [1.82, 2.24) is 5.32 Å². The second-order valence-electron chi connectivity index (χ2n) is 10.6. The molecule has 222 valence electrons. The van der Waals surface area contributed by atoms with E-state index in [-0.39, 0.29) is 30.5 Å². The Hall–Kier alpha value is -4.36. The number of primary amides is 1. The number of rotatable bonds is 6. The lowest BCUT2D eigenvalue weighted by atomic mass is 9.59. The number of aliphatic hydroxyl groups excluding tert-OH is 2. The van der Waals surface area contributed by atoms with Crippen molar-refractivity contribution in [3.63, 3.8) is 0 Å². The van der Waals surface area contributed by atoms with Crippen molar-refractivity contribution in [3.8, 4) is 22.6 Å². The number of Topliss-reactive ketones (excluding diaryl/α,β-unsaturated/α-hetero) is 2. The molecule has 0 radical (unpaired) electrons. The van der Waals surface area contributed by atoms with Crippen LogP contribution in [0.4, 0.5) is 13.2 Å². The summed E-state index contributed by atoms with van der Waals surface area (Å²) in [5.74, 6) is -6.97. The van der Waals surface area contributed by atoms with Crippen LogP contribution in [-0.2, 0) is 27.3 Å². The summed E-state index contributed by atoms with van der Waals surface area (Å²) in [6.07, 6.45) is -4.84. The Morgan fingerprint density at radius 1 is 1.12 bits per heavy atom. The number of hydrogen-bond acceptors (Lipinski definition) is 9. The molecule has 2 aromatic rings. The quantitative estimate of drug-likeness (QED) is 0.277. The van der Waals surface area contributed by atoms with Crippen molar-refractivity contribution in [3.05, 3.63) is 63.9 Å². The van der Waals surface area contributed by atoms with Crippen LogP contribution in [0.15, 0.2) is 47.2 Å². The van der Waals surface area contributed by atoms with Crippen LogP contribution in [0.1, 0.15) is 29.5 Å². The van der Waals surface area contributed by atoms with E-state index in [4.69, 9.17) is 10.5 Å². The van der Waals surface area contributed by atoms with Crippen LogP contribution in [0.5, 0.6) is 11.5 Å². The lowest BCUT2D eigenvalue weighted by Gasteiger charge is -2.46. The highest BCUT2D eigenvalue weighted by atomic mass is 19.4. The average Bonchev–Trinajstić information content (AvgIpc) is 2.90. The molecule has 3 aliphatic rings. The Morgan fingerprint density at radius 3 is 2.48 bits per heavy atom. The summed E-state index contributed by atoms with van der Waals surface area (Å²) in [7, 11) is 1.41. The van der Waals surface area contributed by atoms with Crippen molar-refractivity contribution in [2.24, 2.45) is 17.6 Å². The molecule has 13 heteroatoms. The van der Waals surface area contributed by atoms with Gasteiger partial charge in [-0.25, -0.2) is 0 Å². The van der Waals surface area contributed by atoms with Crippen LogP contribution in [0.2, 0.25) is 0 Å². The van der Waals surface area contributed by atoms with Crippen LogP contribution in [0, 0.1) is 11.8 Å². The van der Waals surface area contributed by atoms with E-state index in [1.165, 1.54) is 13.2 Å². The van der Waals surface area contributed by atoms with Gasteiger partial charge in [-0.2, -0.15) is 13.2 Å². The van der Waals surface area contributed by atoms with Gasteiger partial charge in [-0.15, -0.1) is 0 Å². The molecule has 42 heavy (non-hydrogen) atoms. The van der Waals surface area contributed by atoms with E-state index in [1.807, 2.05) is 0 Å². The molecule has 2 aromatic carbocycles. The van der Waals surface area contributed by atoms with Gasteiger partial charge in [0.05, 0.1) is 19.2 Å². The maximum absolute atomic E-state index is 13.7. The van der Waals surface area contributed by atoms with Gasteiger partial charge in [0.2, 0.25) is 5.78 Å². The number of carbonyl (C=O) groups excluding carboxylic acids is 3. The predicted molar refractivity (Wildman–Crippen MR) is 141 cm³/mol. The predicted octanol–water partition coefficient (Wildman–Crippen LogP) is 2.75. The largest absolute Gasteiger partial charge is 0.508 e. The number of ketones is 2. The molecular weight excluding hydrogens is 561 g/mol. The van der Waals surface area contributed by atoms with Crippen LogP contribution in [0.25, 0.3) is 16.9 Å². The molecule has 0 spiro atoms. The van der Waals surface area contributed by atoms with Crippen molar-refractivity contribution in [2.75, 3.05) is 13.7 Å². The molecule has 10 nitrogen and oxygen atoms in total. The number of aliphatic hydroxyl groups is 3. The molecule has 0 heterocycles. The molecule has 0 saturated heterocycles. The highest BCUT2D eigenvalue weighted by Gasteiger charge is 2.60. The number of nitrogens with two attached hydrogens (primary N) is 1. The maximum atomic E-state index is 13.7. The fraction of sp³-hybridized carbons (Fsp3) is 0.345. The number of halogens is 3. The highest BCUT2D eigenvalue weighted by Crippen LogP contribution is 2.53. The minimum atomic E-state index is -4.40. The molecule has 3 aliphatic carbocycles. The number of benzene rings is 2. The van der Waals surface area contributed by atoms with Crippen molar-refractivity contribution in [2.45, 2.75) is 37.6 Å². The first-order chi connectivity index (χ1) is 19.7. The molecule has 0 aliphatic heterocycles. The molecule has 3 atom stereocenters. The molecule has 0 unspecified atom stereocenters. The zero-order valence-corrected chi connectivity index (χ0v) is 22.2. The van der Waals surface area contributed by atoms with Crippen molar-refractivity contribution >= 4 is 23.2 Å². The van der Waals surface area contributed by atoms with Gasteiger partial charge in [0.15, 0.2) is 11.4 Å². The number of carbonyl (C=O) groups is 3. The Labute approximate surface area is 236 Å². The molecule has 1 fully saturated rings. The fourth-order valence-electron chi connectivity index (χ4n) is 6.30. The molecule has 1 amide bonds. The second kappa shape index (κ2) is 10.2. The third-order valence-corrected chi connectivity index (χ3v) is 8.16. The smallest absolute Gasteiger partial charge is 0.401 e. The van der Waals surface area contributed by atoms with E-state index >= 15 is 0 Å². The van der Waals surface area contributed by atoms with Crippen LogP contribution in [-0.4, -0.2) is 63.3 Å². The van der Waals surface area contributed by atoms with Crippen LogP contribution < -0.4 is 15.8 Å². The van der Waals surface area contributed by atoms with Crippen molar-refractivity contribution < 1.29 is 52.7 Å². The number of phenolic OH excluding ortho intramolecular Hbond substituents is 1. The number of alkyl halides is 3. The zero-order chi connectivity index (χ0) is 30.7. The normalized spacial score (nSPS) is 23.8. The summed E-state index contributed by atoms with van der Waals surface area (Å²) in [6, 6.07) is 7.60. The average molecular weight is 589 g/mol. The summed E-state index contributed by atoms with van der Waals surface area (Å²) >= 11 is 0. The minimum Gasteiger partial charge on any atom is -0.508 e. The summed E-state index contributed by atoms with van der Waals surface area (Å²) in [5.41, 5.74) is 3.09. The molecule has 5 rings (SSSR count). The Balaban J connectivity index is 1.62. The first-order valence-corrected chi connectivity index (χ1v) is 13.0. The van der Waals surface area contributed by atoms with Gasteiger partial charge in [-0.05, 0) is 53.6 Å². The molecule has 1 saturated carbocycles. The third kappa shape index (κ3) is 4.58. The first kappa shape index (κ1) is 29.1. The maximum Gasteiger partial charge on any atom is 0.401 e. The van der Waals surface area contributed by atoms with Gasteiger partial charge in [0.25, 0.3) is 5.91 Å². The number of phenols is 1. The van der Waals surface area contributed by atoms with Crippen LogP contribution >= 0.6 is 0 Å². The first-order valence-electron chi connectivity index (χ1n) is 13.0. The Kier molecular flexibility index (Phi) is 7.06. The lowest BCUT2D eigenvalue weighted by molar-refractivity contribution is -0.147. The number of aromatic hydroxyl groups is 1. The van der Waals surface area contributed by atoms with E-state index in [2.05, 4.69) is 5.32 Å². The second-order valence-corrected chi connectivity index (χ2v) is 10.6. The molecule has 0 aromatic heterocycles. The van der Waals surface area contributed by atoms with Crippen molar-refractivity contribution in [1.29, 1.82) is 0 Å². The topological polar surface area (TPSA) is 179 Å². The number of hydrogen-bond donors (Lipinski definition) is 6. The van der Waals surface area contributed by atoms with E-state index in [0.29, 0.717) is 28.0 Å². The number of methoxy groups -OCH3 is 1. The van der Waals surface area contributed by atoms with Gasteiger partial charge in [0, 0.05) is 30.0 Å². The third-order valence-electron chi connectivity index (χ3n) is 8.16. The van der Waals surface area contributed by atoms with E-state index in [0.717, 1.165) is 0 Å². The van der Waals surface area contributed by atoms with E-state index in [1.54, 1.807) is 24.3 Å².